The minimum Gasteiger partial charge on any atom is -0.481 e. The second-order valence-corrected chi connectivity index (χ2v) is 13.7. The average Bonchev–Trinajstić information content (AvgIpc) is 3.46. The zero-order valence-corrected chi connectivity index (χ0v) is 28.8. The number of carbonyl (C=O) groups is 6. The third kappa shape index (κ3) is 10.0. The number of fused-ring (bicyclic) bond motifs is 1. The molecule has 2 aliphatic rings. The highest BCUT2D eigenvalue weighted by Gasteiger charge is 2.38. The molecule has 15 nitrogen and oxygen atoms in total. The van der Waals surface area contributed by atoms with E-state index in [0.29, 0.717) is 31.6 Å². The molecule has 2 aromatic rings. The van der Waals surface area contributed by atoms with Gasteiger partial charge in [0.05, 0.1) is 39.8 Å². The quantitative estimate of drug-likeness (QED) is 0.147. The first kappa shape index (κ1) is 37.3. The van der Waals surface area contributed by atoms with Crippen molar-refractivity contribution in [1.82, 2.24) is 31.2 Å². The summed E-state index contributed by atoms with van der Waals surface area (Å²) in [7, 11) is 3.64. The van der Waals surface area contributed by atoms with Gasteiger partial charge in [0.25, 0.3) is 0 Å². The van der Waals surface area contributed by atoms with E-state index in [2.05, 4.69) is 33.3 Å². The number of carboxylic acids is 1. The molecule has 0 spiro atoms. The number of aromatic amines is 1. The summed E-state index contributed by atoms with van der Waals surface area (Å²) >= 11 is 0. The van der Waals surface area contributed by atoms with Gasteiger partial charge in [-0.3, -0.25) is 28.8 Å². The monoisotopic (exact) mass is 684 g/mol. The summed E-state index contributed by atoms with van der Waals surface area (Å²) in [4.78, 5) is 84.1. The van der Waals surface area contributed by atoms with Crippen LogP contribution in [-0.4, -0.2) is 133 Å². The molecule has 15 heteroatoms. The predicted octanol–water partition coefficient (Wildman–Crippen LogP) is -0.101. The van der Waals surface area contributed by atoms with E-state index < -0.39 is 72.6 Å². The van der Waals surface area contributed by atoms with Gasteiger partial charge < -0.3 is 45.5 Å². The number of para-hydroxylation sites is 1. The number of aliphatic carboxylic acids is 1. The maximum Gasteiger partial charge on any atom is 0.305 e. The maximum atomic E-state index is 14.2. The van der Waals surface area contributed by atoms with Crippen LogP contribution in [0.5, 0.6) is 0 Å². The Balaban J connectivity index is 1.62. The van der Waals surface area contributed by atoms with Crippen LogP contribution in [0.1, 0.15) is 45.1 Å². The second-order valence-electron chi connectivity index (χ2n) is 13.7. The van der Waals surface area contributed by atoms with E-state index in [4.69, 9.17) is 4.74 Å². The van der Waals surface area contributed by atoms with Crippen molar-refractivity contribution in [2.75, 3.05) is 53.5 Å². The van der Waals surface area contributed by atoms with Gasteiger partial charge in [-0.15, -0.1) is 0 Å². The van der Waals surface area contributed by atoms with Gasteiger partial charge in [0, 0.05) is 30.6 Å². The molecule has 1 aromatic carbocycles. The summed E-state index contributed by atoms with van der Waals surface area (Å²) in [6, 6.07) is 2.68. The number of ether oxygens (including phenoxy) is 1. The van der Waals surface area contributed by atoms with Crippen LogP contribution in [0.4, 0.5) is 0 Å². The third-order valence-electron chi connectivity index (χ3n) is 9.46. The lowest BCUT2D eigenvalue weighted by Gasteiger charge is -2.37. The zero-order chi connectivity index (χ0) is 35.7. The molecular formula is C34H50N7O8+. The number of unbranched alkanes of at least 4 members (excludes halogenated alkanes) is 1. The van der Waals surface area contributed by atoms with Crippen molar-refractivity contribution in [3.8, 4) is 0 Å². The molecular weight excluding hydrogens is 634 g/mol. The topological polar surface area (TPSA) is 199 Å². The zero-order valence-electron chi connectivity index (χ0n) is 28.8. The molecule has 3 heterocycles. The lowest BCUT2D eigenvalue weighted by atomic mass is 9.98. The van der Waals surface area contributed by atoms with Crippen molar-refractivity contribution >= 4 is 46.4 Å². The van der Waals surface area contributed by atoms with E-state index in [0.717, 1.165) is 41.4 Å². The minimum absolute atomic E-state index is 0.0192. The van der Waals surface area contributed by atoms with Crippen LogP contribution < -0.4 is 21.3 Å². The average molecular weight is 685 g/mol. The second kappa shape index (κ2) is 16.7. The van der Waals surface area contributed by atoms with Crippen molar-refractivity contribution in [2.24, 2.45) is 5.92 Å². The number of nitrogens with one attached hydrogen (secondary N) is 5. The lowest BCUT2D eigenvalue weighted by molar-refractivity contribution is -0.917. The standard InChI is InChI=1S/C34H49N7O8/c1-21(2)30-33(47)38-25(11-7-8-12-41(4)13-15-49-16-14-41)31(45)36-20-28(42)37-26(18-29(43)44)32(46)39-27(34(48)40(30)3)17-22-19-35-24-10-6-5-9-23(22)24/h5-6,9-10,19,21,25-27,30,35H,7-8,11-18,20H2,1-4H3,(H4-,36,37,38,39,42,43,44,45,46,47)/p+1/t25-,26?,27+,30?/m0/s1. The number of hydrogen-bond acceptors (Lipinski definition) is 7. The Labute approximate surface area is 286 Å². The van der Waals surface area contributed by atoms with Gasteiger partial charge >= 0.3 is 5.97 Å². The lowest BCUT2D eigenvalue weighted by Crippen LogP contribution is -2.59. The number of carbonyl (C=O) groups excluding carboxylic acids is 5. The van der Waals surface area contributed by atoms with Crippen molar-refractivity contribution < 1.29 is 43.1 Å². The number of hydrogen-bond donors (Lipinski definition) is 6. The fraction of sp³-hybridized carbons (Fsp3) is 0.588. The molecule has 2 fully saturated rings. The Kier molecular flexibility index (Phi) is 12.8. The van der Waals surface area contributed by atoms with E-state index in [1.165, 1.54) is 11.9 Å². The van der Waals surface area contributed by atoms with Gasteiger partial charge in [-0.2, -0.15) is 0 Å². The van der Waals surface area contributed by atoms with E-state index in [-0.39, 0.29) is 12.3 Å². The maximum absolute atomic E-state index is 14.2. The highest BCUT2D eigenvalue weighted by atomic mass is 16.5. The molecule has 0 aliphatic carbocycles. The molecule has 268 valence electrons. The van der Waals surface area contributed by atoms with Crippen molar-refractivity contribution in [1.29, 1.82) is 0 Å². The number of benzene rings is 1. The normalized spacial score (nSPS) is 24.4. The summed E-state index contributed by atoms with van der Waals surface area (Å²) < 4.78 is 6.35. The molecule has 49 heavy (non-hydrogen) atoms. The number of amides is 5. The van der Waals surface area contributed by atoms with Crippen LogP contribution in [0.3, 0.4) is 0 Å². The molecule has 2 saturated heterocycles. The van der Waals surface area contributed by atoms with E-state index in [1.54, 1.807) is 20.0 Å². The summed E-state index contributed by atoms with van der Waals surface area (Å²) in [5.74, 6) is -5.14. The fourth-order valence-corrected chi connectivity index (χ4v) is 6.60. The Morgan fingerprint density at radius 2 is 1.65 bits per heavy atom. The van der Waals surface area contributed by atoms with Crippen LogP contribution in [0.25, 0.3) is 10.9 Å². The SMILES string of the molecule is CC(C)C1C(=O)N[C@@H](CCCC[N+]2(C)CCOCC2)C(=O)NCC(=O)NC(CC(=O)O)C(=O)N[C@H](Cc2c[nH]c3ccccc23)C(=O)N1C. The Bertz CT molecular complexity index is 1520. The van der Waals surface area contributed by atoms with Crippen LogP contribution in [0, 0.1) is 5.92 Å². The molecule has 2 aliphatic heterocycles. The van der Waals surface area contributed by atoms with Gasteiger partial charge in [0.15, 0.2) is 0 Å². The summed E-state index contributed by atoms with van der Waals surface area (Å²) in [5.41, 5.74) is 1.54. The Morgan fingerprint density at radius 1 is 0.959 bits per heavy atom. The molecule has 0 radical (unpaired) electrons. The smallest absolute Gasteiger partial charge is 0.305 e. The minimum atomic E-state index is -1.53. The summed E-state index contributed by atoms with van der Waals surface area (Å²) in [6.07, 6.45) is 2.70. The van der Waals surface area contributed by atoms with Crippen molar-refractivity contribution in [3.05, 3.63) is 36.0 Å². The van der Waals surface area contributed by atoms with Crippen LogP contribution in [-0.2, 0) is 39.9 Å². The van der Waals surface area contributed by atoms with Gasteiger partial charge in [-0.1, -0.05) is 32.0 Å². The van der Waals surface area contributed by atoms with Gasteiger partial charge in [-0.05, 0) is 36.8 Å². The van der Waals surface area contributed by atoms with Gasteiger partial charge in [0.2, 0.25) is 29.5 Å². The largest absolute Gasteiger partial charge is 0.481 e. The molecule has 0 bridgehead atoms. The van der Waals surface area contributed by atoms with Gasteiger partial charge in [-0.25, -0.2) is 0 Å². The van der Waals surface area contributed by atoms with E-state index >= 15 is 0 Å². The van der Waals surface area contributed by atoms with Crippen LogP contribution in [0.2, 0.25) is 0 Å². The number of likely N-dealkylation sites (N-methyl/N-ethyl adjacent to an activating group) is 2. The molecule has 1 aromatic heterocycles. The number of morpholine rings is 1. The number of aromatic nitrogens is 1. The number of H-pyrrole nitrogens is 1. The highest BCUT2D eigenvalue weighted by Crippen LogP contribution is 2.21. The first-order chi connectivity index (χ1) is 23.3. The van der Waals surface area contributed by atoms with E-state index in [1.807, 2.05) is 24.3 Å². The van der Waals surface area contributed by atoms with Gasteiger partial charge in [0.1, 0.15) is 37.3 Å². The summed E-state index contributed by atoms with van der Waals surface area (Å²) in [5, 5.41) is 20.8. The van der Waals surface area contributed by atoms with Crippen molar-refractivity contribution in [3.63, 3.8) is 0 Å². The van der Waals surface area contributed by atoms with E-state index in [9.17, 15) is 33.9 Å². The third-order valence-corrected chi connectivity index (χ3v) is 9.46. The molecule has 4 atom stereocenters. The predicted molar refractivity (Wildman–Crippen MR) is 180 cm³/mol. The highest BCUT2D eigenvalue weighted by molar-refractivity contribution is 5.98. The molecule has 4 rings (SSSR count). The summed E-state index contributed by atoms with van der Waals surface area (Å²) in [6.45, 7) is 7.07. The number of quaternary nitrogens is 1. The van der Waals surface area contributed by atoms with Crippen LogP contribution >= 0.6 is 0 Å². The fourth-order valence-electron chi connectivity index (χ4n) is 6.60. The molecule has 5 amide bonds. The molecule has 6 N–H and O–H groups in total. The number of carboxylic acid groups (broad SMARTS) is 1. The van der Waals surface area contributed by atoms with Crippen LogP contribution in [0.15, 0.2) is 30.5 Å². The number of nitrogens with zero attached hydrogens (tertiary/aromatic N) is 2. The Morgan fingerprint density at radius 3 is 2.35 bits per heavy atom. The Hall–Kier alpha value is -4.50. The first-order valence-electron chi connectivity index (χ1n) is 16.9. The first-order valence-corrected chi connectivity index (χ1v) is 16.9. The molecule has 0 saturated carbocycles. The van der Waals surface area contributed by atoms with Crippen molar-refractivity contribution in [2.45, 2.75) is 70.1 Å². The number of rotatable bonds is 10. The molecule has 2 unspecified atom stereocenters.